The molecule has 0 fully saturated rings. The van der Waals surface area contributed by atoms with Crippen LogP contribution in [0.2, 0.25) is 0 Å². The van der Waals surface area contributed by atoms with Crippen LogP contribution in [0.5, 0.6) is 5.75 Å². The number of hydrogen-bond donors (Lipinski definition) is 1. The molecule has 2 heterocycles. The average molecular weight is 544 g/mol. The molecule has 0 aliphatic carbocycles. The lowest BCUT2D eigenvalue weighted by Crippen LogP contribution is -2.32. The molecule has 218 valence electrons. The van der Waals surface area contributed by atoms with Crippen molar-refractivity contribution in [1.29, 1.82) is 0 Å². The van der Waals surface area contributed by atoms with Crippen LogP contribution in [0.25, 0.3) is 32.6 Å². The second-order valence-electron chi connectivity index (χ2n) is 12.2. The van der Waals surface area contributed by atoms with Gasteiger partial charge in [0.1, 0.15) is 12.3 Å². The van der Waals surface area contributed by atoms with Crippen molar-refractivity contribution in [2.45, 2.75) is 144 Å². The first-order valence-corrected chi connectivity index (χ1v) is 16.6. The van der Waals surface area contributed by atoms with Gasteiger partial charge in [0.2, 0.25) is 0 Å². The molecule has 1 N–H and O–H groups in total. The maximum absolute atomic E-state index is 10.2. The van der Waals surface area contributed by atoms with Crippen LogP contribution in [0, 0.1) is 13.8 Å². The van der Waals surface area contributed by atoms with Gasteiger partial charge in [0.05, 0.1) is 5.52 Å². The fourth-order valence-corrected chi connectivity index (χ4v) is 6.85. The van der Waals surface area contributed by atoms with Crippen molar-refractivity contribution in [1.82, 2.24) is 4.57 Å². The standard InChI is InChI=1S/C37H54N2O/c1-5-7-8-9-10-11-12-13-14-15-16-17-18-19-20-21-25-38-26-24-32-30(4)37-36(29(3)34(32)28-38)33-27-31(40)22-23-35(33)39(37)6-2/h22-24,26-28H,5-21,25H2,1-4H3/p+1. The molecular weight excluding hydrogens is 488 g/mol. The molecule has 0 atom stereocenters. The summed E-state index contributed by atoms with van der Waals surface area (Å²) in [6.07, 6.45) is 27.2. The van der Waals surface area contributed by atoms with Crippen LogP contribution in [0.15, 0.2) is 36.7 Å². The predicted octanol–water partition coefficient (Wildman–Crippen LogP) is 10.8. The Bertz CT molecular complexity index is 1370. The molecule has 0 bridgehead atoms. The van der Waals surface area contributed by atoms with Gasteiger partial charge in [0.15, 0.2) is 12.4 Å². The Morgan fingerprint density at radius 2 is 1.23 bits per heavy atom. The van der Waals surface area contributed by atoms with Gasteiger partial charge in [0.25, 0.3) is 0 Å². The summed E-state index contributed by atoms with van der Waals surface area (Å²) >= 11 is 0. The highest BCUT2D eigenvalue weighted by atomic mass is 16.3. The largest absolute Gasteiger partial charge is 0.508 e. The van der Waals surface area contributed by atoms with E-state index in [0.717, 1.165) is 18.5 Å². The summed E-state index contributed by atoms with van der Waals surface area (Å²) in [5.41, 5.74) is 5.17. The number of rotatable bonds is 18. The Morgan fingerprint density at radius 3 is 1.80 bits per heavy atom. The first-order chi connectivity index (χ1) is 19.6. The van der Waals surface area contributed by atoms with E-state index in [4.69, 9.17) is 0 Å². The normalized spacial score (nSPS) is 11.9. The zero-order valence-corrected chi connectivity index (χ0v) is 26.0. The minimum atomic E-state index is 0.339. The Hall–Kier alpha value is -2.55. The van der Waals surface area contributed by atoms with Crippen molar-refractivity contribution in [3.63, 3.8) is 0 Å². The summed E-state index contributed by atoms with van der Waals surface area (Å²) in [7, 11) is 0. The lowest BCUT2D eigenvalue weighted by atomic mass is 9.97. The van der Waals surface area contributed by atoms with E-state index in [-0.39, 0.29) is 0 Å². The molecule has 3 heteroatoms. The monoisotopic (exact) mass is 543 g/mol. The molecule has 40 heavy (non-hydrogen) atoms. The van der Waals surface area contributed by atoms with Gasteiger partial charge in [-0.25, -0.2) is 4.57 Å². The lowest BCUT2D eigenvalue weighted by molar-refractivity contribution is -0.696. The Morgan fingerprint density at radius 1 is 0.650 bits per heavy atom. The van der Waals surface area contributed by atoms with E-state index >= 15 is 0 Å². The van der Waals surface area contributed by atoms with Gasteiger partial charge < -0.3 is 9.67 Å². The van der Waals surface area contributed by atoms with Gasteiger partial charge in [0, 0.05) is 40.7 Å². The van der Waals surface area contributed by atoms with Crippen LogP contribution in [-0.4, -0.2) is 9.67 Å². The van der Waals surface area contributed by atoms with Crippen molar-refractivity contribution >= 4 is 32.6 Å². The maximum Gasteiger partial charge on any atom is 0.176 e. The maximum atomic E-state index is 10.2. The highest BCUT2D eigenvalue weighted by Crippen LogP contribution is 2.39. The van der Waals surface area contributed by atoms with Crippen LogP contribution in [0.4, 0.5) is 0 Å². The number of phenolic OH excluding ortho intramolecular Hbond substituents is 1. The van der Waals surface area contributed by atoms with Gasteiger partial charge in [-0.1, -0.05) is 96.8 Å². The van der Waals surface area contributed by atoms with Gasteiger partial charge in [-0.3, -0.25) is 0 Å². The molecule has 0 aliphatic heterocycles. The van der Waals surface area contributed by atoms with Gasteiger partial charge in [-0.05, 0) is 61.9 Å². The molecule has 0 unspecified atom stereocenters. The van der Waals surface area contributed by atoms with E-state index in [1.165, 1.54) is 141 Å². The quantitative estimate of drug-likeness (QED) is 0.0981. The Balaban J connectivity index is 1.22. The van der Waals surface area contributed by atoms with Crippen molar-refractivity contribution in [2.75, 3.05) is 0 Å². The van der Waals surface area contributed by atoms with Crippen LogP contribution in [-0.2, 0) is 13.1 Å². The number of pyridine rings is 1. The molecule has 0 saturated heterocycles. The van der Waals surface area contributed by atoms with E-state index < -0.39 is 0 Å². The number of nitrogens with zero attached hydrogens (tertiary/aromatic N) is 2. The van der Waals surface area contributed by atoms with E-state index in [0.29, 0.717) is 5.75 Å². The van der Waals surface area contributed by atoms with Gasteiger partial charge in [-0.2, -0.15) is 0 Å². The van der Waals surface area contributed by atoms with Crippen molar-refractivity contribution in [3.8, 4) is 5.75 Å². The van der Waals surface area contributed by atoms with E-state index in [1.807, 2.05) is 12.1 Å². The number of aromatic nitrogens is 2. The van der Waals surface area contributed by atoms with E-state index in [2.05, 4.69) is 61.4 Å². The topological polar surface area (TPSA) is 29.0 Å². The summed E-state index contributed by atoms with van der Waals surface area (Å²) in [6, 6.07) is 8.13. The first kappa shape index (κ1) is 30.4. The molecular formula is C37H55N2O+. The van der Waals surface area contributed by atoms with Crippen molar-refractivity contribution in [2.24, 2.45) is 0 Å². The molecule has 4 rings (SSSR count). The third kappa shape index (κ3) is 7.39. The van der Waals surface area contributed by atoms with Crippen LogP contribution in [0.3, 0.4) is 0 Å². The molecule has 0 spiro atoms. The van der Waals surface area contributed by atoms with Crippen molar-refractivity contribution in [3.05, 3.63) is 47.8 Å². The molecule has 0 saturated carbocycles. The van der Waals surface area contributed by atoms with Crippen LogP contribution >= 0.6 is 0 Å². The van der Waals surface area contributed by atoms with E-state index in [1.54, 1.807) is 0 Å². The van der Waals surface area contributed by atoms with Crippen molar-refractivity contribution < 1.29 is 9.67 Å². The minimum Gasteiger partial charge on any atom is -0.508 e. The summed E-state index contributed by atoms with van der Waals surface area (Å²) in [4.78, 5) is 0. The number of fused-ring (bicyclic) bond motifs is 4. The molecule has 0 aliphatic rings. The molecule has 0 amide bonds. The summed E-state index contributed by atoms with van der Waals surface area (Å²) in [5.74, 6) is 0.339. The fourth-order valence-electron chi connectivity index (χ4n) is 6.85. The number of benzene rings is 2. The molecule has 3 nitrogen and oxygen atoms in total. The Labute approximate surface area is 243 Å². The SMILES string of the molecule is CCCCCCCCCCCCCCCCCC[n+]1ccc2c(C)c3c(c(C)c2c1)c1cc(O)ccc1n3CC. The van der Waals surface area contributed by atoms with E-state index in [9.17, 15) is 5.11 Å². The smallest absolute Gasteiger partial charge is 0.176 e. The van der Waals surface area contributed by atoms with Crippen LogP contribution < -0.4 is 4.57 Å². The number of hydrogen-bond acceptors (Lipinski definition) is 1. The fraction of sp³-hybridized carbons (Fsp3) is 0.595. The highest BCUT2D eigenvalue weighted by Gasteiger charge is 2.19. The zero-order chi connectivity index (χ0) is 28.3. The second-order valence-corrected chi connectivity index (χ2v) is 12.2. The molecule has 2 aromatic heterocycles. The number of unbranched alkanes of at least 4 members (excludes halogenated alkanes) is 15. The second kappa shape index (κ2) is 15.5. The summed E-state index contributed by atoms with van der Waals surface area (Å²) in [5, 5.41) is 15.4. The predicted molar refractivity (Wildman–Crippen MR) is 174 cm³/mol. The Kier molecular flexibility index (Phi) is 11.7. The molecule has 4 aromatic rings. The number of phenols is 1. The van der Waals surface area contributed by atoms with Gasteiger partial charge in [-0.15, -0.1) is 0 Å². The third-order valence-electron chi connectivity index (χ3n) is 9.19. The number of aromatic hydroxyl groups is 1. The third-order valence-corrected chi connectivity index (χ3v) is 9.19. The molecule has 2 aromatic carbocycles. The summed E-state index contributed by atoms with van der Waals surface area (Å²) < 4.78 is 4.80. The number of aryl methyl sites for hydroxylation is 4. The van der Waals surface area contributed by atoms with Gasteiger partial charge >= 0.3 is 0 Å². The molecule has 0 radical (unpaired) electrons. The van der Waals surface area contributed by atoms with Crippen LogP contribution in [0.1, 0.15) is 128 Å². The highest BCUT2D eigenvalue weighted by molar-refractivity contribution is 6.17. The minimum absolute atomic E-state index is 0.339. The average Bonchev–Trinajstić information content (AvgIpc) is 3.29. The first-order valence-electron chi connectivity index (χ1n) is 16.6. The zero-order valence-electron chi connectivity index (χ0n) is 26.0. The lowest BCUT2D eigenvalue weighted by Gasteiger charge is -2.11. The summed E-state index contributed by atoms with van der Waals surface area (Å²) in [6.45, 7) is 11.0.